The van der Waals surface area contributed by atoms with E-state index in [-0.39, 0.29) is 33.9 Å². The zero-order valence-corrected chi connectivity index (χ0v) is 17.8. The molecular formula is C18H20ClN7O3S. The molecule has 158 valence electrons. The first-order valence-electron chi connectivity index (χ1n) is 9.58. The summed E-state index contributed by atoms with van der Waals surface area (Å²) in [7, 11) is -3.37. The van der Waals surface area contributed by atoms with Crippen molar-refractivity contribution in [3.05, 3.63) is 40.1 Å². The van der Waals surface area contributed by atoms with Gasteiger partial charge in [0.15, 0.2) is 21.3 Å². The van der Waals surface area contributed by atoms with Crippen LogP contribution in [-0.2, 0) is 22.9 Å². The number of hydrogen-bond acceptors (Lipinski definition) is 9. The molecule has 0 aromatic carbocycles. The Balaban J connectivity index is 1.62. The summed E-state index contributed by atoms with van der Waals surface area (Å²) in [5.41, 5.74) is 0.545. The number of halogens is 1. The normalized spacial score (nSPS) is 14.6. The zero-order valence-electron chi connectivity index (χ0n) is 16.2. The fraction of sp³-hybridized carbons (Fsp3) is 0.444. The molecular weight excluding hydrogens is 430 g/mol. The largest absolute Gasteiger partial charge is 0.358 e. The lowest BCUT2D eigenvalue weighted by atomic mass is 9.85. The van der Waals surface area contributed by atoms with Gasteiger partial charge in [-0.15, -0.1) is 0 Å². The highest BCUT2D eigenvalue weighted by atomic mass is 35.5. The van der Waals surface area contributed by atoms with Gasteiger partial charge in [-0.2, -0.15) is 4.98 Å². The highest BCUT2D eigenvalue weighted by molar-refractivity contribution is 7.91. The van der Waals surface area contributed by atoms with E-state index in [9.17, 15) is 13.2 Å². The van der Waals surface area contributed by atoms with Gasteiger partial charge < -0.3 is 5.32 Å². The van der Waals surface area contributed by atoms with E-state index in [1.165, 1.54) is 18.6 Å². The molecule has 0 aliphatic heterocycles. The van der Waals surface area contributed by atoms with Gasteiger partial charge in [0.2, 0.25) is 5.28 Å². The van der Waals surface area contributed by atoms with Crippen LogP contribution < -0.4 is 10.9 Å². The number of nitrogens with zero attached hydrogens (tertiary/aromatic N) is 6. The summed E-state index contributed by atoms with van der Waals surface area (Å²) in [5.74, 6) is 0.860. The summed E-state index contributed by atoms with van der Waals surface area (Å²) in [6.45, 7) is 2.21. The van der Waals surface area contributed by atoms with Crippen molar-refractivity contribution in [2.45, 2.75) is 44.2 Å². The van der Waals surface area contributed by atoms with E-state index < -0.39 is 9.84 Å². The summed E-state index contributed by atoms with van der Waals surface area (Å²) < 4.78 is 25.3. The van der Waals surface area contributed by atoms with Crippen molar-refractivity contribution >= 4 is 38.4 Å². The first kappa shape index (κ1) is 20.6. The maximum Gasteiger partial charge on any atom is 0.294 e. The van der Waals surface area contributed by atoms with E-state index in [2.05, 4.69) is 30.2 Å². The molecule has 0 unspecified atom stereocenters. The number of aromatic nitrogens is 6. The molecule has 3 aromatic heterocycles. The second-order valence-electron chi connectivity index (χ2n) is 7.11. The summed E-state index contributed by atoms with van der Waals surface area (Å²) in [6, 6.07) is 0. The molecule has 12 heteroatoms. The number of fused-ring (bicyclic) bond motifs is 1. The first-order valence-corrected chi connectivity index (χ1v) is 11.6. The molecule has 0 spiro atoms. The first-order chi connectivity index (χ1) is 14.4. The molecule has 0 amide bonds. The molecule has 4 rings (SSSR count). The van der Waals surface area contributed by atoms with E-state index in [4.69, 9.17) is 11.6 Å². The number of nitrogens with one attached hydrogen (secondary N) is 1. The van der Waals surface area contributed by atoms with Crippen LogP contribution in [0.5, 0.6) is 0 Å². The zero-order chi connectivity index (χ0) is 21.3. The molecule has 1 saturated carbocycles. The minimum Gasteiger partial charge on any atom is -0.358 e. The van der Waals surface area contributed by atoms with Crippen LogP contribution >= 0.6 is 11.6 Å². The maximum absolute atomic E-state index is 13.0. The van der Waals surface area contributed by atoms with Gasteiger partial charge in [0.05, 0.1) is 18.5 Å². The van der Waals surface area contributed by atoms with E-state index in [1.807, 2.05) is 0 Å². The van der Waals surface area contributed by atoms with E-state index in [0.717, 1.165) is 19.3 Å². The molecule has 0 radical (unpaired) electrons. The van der Waals surface area contributed by atoms with Crippen LogP contribution in [0.3, 0.4) is 0 Å². The third kappa shape index (κ3) is 4.12. The van der Waals surface area contributed by atoms with Gasteiger partial charge >= 0.3 is 0 Å². The van der Waals surface area contributed by atoms with Gasteiger partial charge in [-0.25, -0.2) is 28.4 Å². The molecule has 3 heterocycles. The fourth-order valence-electron chi connectivity index (χ4n) is 3.16. The molecule has 10 nitrogen and oxygen atoms in total. The molecule has 0 atom stereocenters. The molecule has 1 aliphatic rings. The van der Waals surface area contributed by atoms with Crippen molar-refractivity contribution in [2.24, 2.45) is 5.92 Å². The third-order valence-corrected chi connectivity index (χ3v) is 7.03. The highest BCUT2D eigenvalue weighted by Gasteiger charge is 2.22. The lowest BCUT2D eigenvalue weighted by molar-refractivity contribution is 0.276. The minimum absolute atomic E-state index is 0.0262. The molecule has 1 aliphatic carbocycles. The van der Waals surface area contributed by atoms with Crippen molar-refractivity contribution in [1.82, 2.24) is 29.5 Å². The van der Waals surface area contributed by atoms with E-state index in [0.29, 0.717) is 29.5 Å². The average Bonchev–Trinajstić information content (AvgIpc) is 2.71. The molecule has 1 fully saturated rings. The van der Waals surface area contributed by atoms with Gasteiger partial charge in [0.25, 0.3) is 5.56 Å². The number of hydrogen-bond donors (Lipinski definition) is 1. The minimum atomic E-state index is -3.37. The lowest BCUT2D eigenvalue weighted by Gasteiger charge is -2.26. The highest BCUT2D eigenvalue weighted by Crippen LogP contribution is 2.28. The van der Waals surface area contributed by atoms with Crippen molar-refractivity contribution < 1.29 is 8.42 Å². The summed E-state index contributed by atoms with van der Waals surface area (Å²) in [4.78, 5) is 33.7. The molecule has 1 N–H and O–H groups in total. The van der Waals surface area contributed by atoms with Crippen LogP contribution in [0.25, 0.3) is 11.2 Å². The van der Waals surface area contributed by atoms with Crippen LogP contribution in [0, 0.1) is 5.92 Å². The Morgan fingerprint density at radius 2 is 1.90 bits per heavy atom. The van der Waals surface area contributed by atoms with Gasteiger partial charge in [-0.1, -0.05) is 13.3 Å². The Hall–Kier alpha value is -2.66. The predicted octanol–water partition coefficient (Wildman–Crippen LogP) is 1.84. The van der Waals surface area contributed by atoms with Gasteiger partial charge in [0, 0.05) is 18.9 Å². The number of anilines is 1. The topological polar surface area (TPSA) is 133 Å². The summed E-state index contributed by atoms with van der Waals surface area (Å²) in [5, 5.41) is 3.01. The van der Waals surface area contributed by atoms with Crippen LogP contribution in [0.2, 0.25) is 5.28 Å². The van der Waals surface area contributed by atoms with E-state index >= 15 is 0 Å². The van der Waals surface area contributed by atoms with Crippen molar-refractivity contribution in [3.8, 4) is 0 Å². The number of rotatable bonds is 7. The molecule has 0 bridgehead atoms. The Labute approximate surface area is 177 Å². The van der Waals surface area contributed by atoms with E-state index in [1.54, 1.807) is 11.5 Å². The summed E-state index contributed by atoms with van der Waals surface area (Å²) >= 11 is 5.92. The van der Waals surface area contributed by atoms with Gasteiger partial charge in [-0.3, -0.25) is 9.36 Å². The Kier molecular flexibility index (Phi) is 5.65. The van der Waals surface area contributed by atoms with Crippen LogP contribution in [-0.4, -0.2) is 43.7 Å². The van der Waals surface area contributed by atoms with Crippen LogP contribution in [0.4, 0.5) is 5.82 Å². The fourth-order valence-corrected chi connectivity index (χ4v) is 4.05. The number of sulfone groups is 1. The van der Waals surface area contributed by atoms with Crippen molar-refractivity contribution in [3.63, 3.8) is 0 Å². The molecule has 30 heavy (non-hydrogen) atoms. The van der Waals surface area contributed by atoms with Crippen LogP contribution in [0.15, 0.2) is 28.3 Å². The lowest BCUT2D eigenvalue weighted by Crippen LogP contribution is -2.30. The monoisotopic (exact) mass is 449 g/mol. The second kappa shape index (κ2) is 8.23. The van der Waals surface area contributed by atoms with Gasteiger partial charge in [-0.05, 0) is 30.4 Å². The predicted molar refractivity (Wildman–Crippen MR) is 111 cm³/mol. The van der Waals surface area contributed by atoms with Gasteiger partial charge in [0.1, 0.15) is 16.2 Å². The SMILES string of the molecule is CCS(=O)(=O)c1cnc(CNc2nc3cnc(Cl)nc3n(CC3CCC3)c2=O)nc1. The Morgan fingerprint density at radius 1 is 1.17 bits per heavy atom. The quantitative estimate of drug-likeness (QED) is 0.536. The molecule has 3 aromatic rings. The summed E-state index contributed by atoms with van der Waals surface area (Å²) in [6.07, 6.45) is 7.30. The Morgan fingerprint density at radius 3 is 2.53 bits per heavy atom. The Bertz CT molecular complexity index is 1240. The maximum atomic E-state index is 13.0. The smallest absolute Gasteiger partial charge is 0.294 e. The second-order valence-corrected chi connectivity index (χ2v) is 9.73. The van der Waals surface area contributed by atoms with Crippen LogP contribution in [0.1, 0.15) is 32.0 Å². The van der Waals surface area contributed by atoms with Crippen molar-refractivity contribution in [2.75, 3.05) is 11.1 Å². The standard InChI is InChI=1S/C18H20ClN7O3S/c1-2-30(28,29)12-6-20-14(21-7-12)9-22-15-17(27)26(10-11-4-3-5-11)16-13(24-15)8-23-18(19)25-16/h6-8,11H,2-5,9-10H2,1H3,(H,22,24). The average molecular weight is 450 g/mol. The third-order valence-electron chi connectivity index (χ3n) is 5.16. The van der Waals surface area contributed by atoms with Crippen molar-refractivity contribution in [1.29, 1.82) is 0 Å². The molecule has 0 saturated heterocycles.